The standard InChI is InChI=1S/C25H35N3O2/c1-25(2,3)21-12-10-20(11-13-21)24(29)26-14-7-15-27-16-18-28(19-17-27)22-8-5-6-9-23(22)30-4/h5-6,8-13H,7,14-19H2,1-4H3,(H,26,29). The minimum Gasteiger partial charge on any atom is -0.495 e. The Bertz CT molecular complexity index is 819. The van der Waals surface area contributed by atoms with Gasteiger partial charge in [-0.25, -0.2) is 0 Å². The quantitative estimate of drug-likeness (QED) is 0.704. The summed E-state index contributed by atoms with van der Waals surface area (Å²) >= 11 is 0. The van der Waals surface area contributed by atoms with Crippen LogP contribution in [0, 0.1) is 0 Å². The van der Waals surface area contributed by atoms with Gasteiger partial charge >= 0.3 is 0 Å². The monoisotopic (exact) mass is 409 g/mol. The number of anilines is 1. The highest BCUT2D eigenvalue weighted by atomic mass is 16.5. The van der Waals surface area contributed by atoms with Crippen LogP contribution in [-0.4, -0.2) is 57.2 Å². The molecule has 30 heavy (non-hydrogen) atoms. The lowest BCUT2D eigenvalue weighted by Gasteiger charge is -2.36. The van der Waals surface area contributed by atoms with Crippen molar-refractivity contribution in [1.29, 1.82) is 0 Å². The molecule has 0 aromatic heterocycles. The van der Waals surface area contributed by atoms with Gasteiger partial charge in [-0.3, -0.25) is 9.69 Å². The van der Waals surface area contributed by atoms with E-state index in [-0.39, 0.29) is 11.3 Å². The molecule has 5 nitrogen and oxygen atoms in total. The normalized spacial score (nSPS) is 15.1. The molecule has 1 heterocycles. The van der Waals surface area contributed by atoms with Crippen molar-refractivity contribution >= 4 is 11.6 Å². The molecule has 0 unspecified atom stereocenters. The van der Waals surface area contributed by atoms with Gasteiger partial charge in [0, 0.05) is 38.3 Å². The smallest absolute Gasteiger partial charge is 0.251 e. The van der Waals surface area contributed by atoms with Crippen molar-refractivity contribution in [3.05, 3.63) is 59.7 Å². The zero-order valence-corrected chi connectivity index (χ0v) is 18.8. The first kappa shape index (κ1) is 22.2. The second kappa shape index (κ2) is 9.98. The molecule has 1 amide bonds. The van der Waals surface area contributed by atoms with Crippen LogP contribution in [-0.2, 0) is 5.41 Å². The number of methoxy groups -OCH3 is 1. The fourth-order valence-corrected chi connectivity index (χ4v) is 3.83. The molecular formula is C25H35N3O2. The van der Waals surface area contributed by atoms with Crippen molar-refractivity contribution in [2.75, 3.05) is 51.3 Å². The van der Waals surface area contributed by atoms with Crippen molar-refractivity contribution in [3.63, 3.8) is 0 Å². The van der Waals surface area contributed by atoms with E-state index in [1.807, 2.05) is 24.3 Å². The first-order valence-electron chi connectivity index (χ1n) is 10.9. The number of hydrogen-bond acceptors (Lipinski definition) is 4. The zero-order chi connectivity index (χ0) is 21.6. The third-order valence-electron chi connectivity index (χ3n) is 5.75. The molecule has 3 rings (SSSR count). The molecule has 1 N–H and O–H groups in total. The van der Waals surface area contributed by atoms with E-state index in [2.05, 4.69) is 60.2 Å². The van der Waals surface area contributed by atoms with Gasteiger partial charge in [0.25, 0.3) is 5.91 Å². The molecule has 1 aliphatic heterocycles. The van der Waals surface area contributed by atoms with E-state index in [0.29, 0.717) is 6.54 Å². The van der Waals surface area contributed by atoms with E-state index in [4.69, 9.17) is 4.74 Å². The van der Waals surface area contributed by atoms with Crippen molar-refractivity contribution in [3.8, 4) is 5.75 Å². The number of hydrogen-bond donors (Lipinski definition) is 1. The number of carbonyl (C=O) groups excluding carboxylic acids is 1. The van der Waals surface area contributed by atoms with Crippen LogP contribution >= 0.6 is 0 Å². The van der Waals surface area contributed by atoms with Crippen LogP contribution in [0.2, 0.25) is 0 Å². The maximum atomic E-state index is 12.4. The average Bonchev–Trinajstić information content (AvgIpc) is 2.76. The van der Waals surface area contributed by atoms with Crippen LogP contribution < -0.4 is 15.0 Å². The molecule has 1 aliphatic rings. The number of benzene rings is 2. The van der Waals surface area contributed by atoms with Gasteiger partial charge in [0.2, 0.25) is 0 Å². The van der Waals surface area contributed by atoms with Crippen molar-refractivity contribution < 1.29 is 9.53 Å². The van der Waals surface area contributed by atoms with Gasteiger partial charge in [-0.2, -0.15) is 0 Å². The first-order chi connectivity index (χ1) is 14.4. The molecule has 1 saturated heterocycles. The maximum absolute atomic E-state index is 12.4. The van der Waals surface area contributed by atoms with Crippen LogP contribution in [0.3, 0.4) is 0 Å². The van der Waals surface area contributed by atoms with E-state index in [1.165, 1.54) is 11.3 Å². The Labute approximate surface area is 181 Å². The molecule has 0 atom stereocenters. The predicted octanol–water partition coefficient (Wildman–Crippen LogP) is 3.93. The lowest BCUT2D eigenvalue weighted by atomic mass is 9.87. The van der Waals surface area contributed by atoms with E-state index in [9.17, 15) is 4.79 Å². The van der Waals surface area contributed by atoms with Gasteiger partial charge in [-0.15, -0.1) is 0 Å². The fourth-order valence-electron chi connectivity index (χ4n) is 3.83. The number of ether oxygens (including phenoxy) is 1. The Morgan fingerprint density at radius 1 is 1.00 bits per heavy atom. The number of nitrogens with one attached hydrogen (secondary N) is 1. The number of rotatable bonds is 7. The van der Waals surface area contributed by atoms with E-state index < -0.39 is 0 Å². The van der Waals surface area contributed by atoms with Crippen molar-refractivity contribution in [1.82, 2.24) is 10.2 Å². The Kier molecular flexibility index (Phi) is 7.38. The lowest BCUT2D eigenvalue weighted by Crippen LogP contribution is -2.47. The Morgan fingerprint density at radius 3 is 2.30 bits per heavy atom. The highest BCUT2D eigenvalue weighted by Crippen LogP contribution is 2.28. The van der Waals surface area contributed by atoms with Gasteiger partial charge in [-0.05, 0) is 48.2 Å². The molecule has 162 valence electrons. The van der Waals surface area contributed by atoms with Gasteiger partial charge in [-0.1, -0.05) is 45.0 Å². The molecule has 0 spiro atoms. The summed E-state index contributed by atoms with van der Waals surface area (Å²) in [6.07, 6.45) is 0.959. The zero-order valence-electron chi connectivity index (χ0n) is 18.8. The summed E-state index contributed by atoms with van der Waals surface area (Å²) in [4.78, 5) is 17.2. The summed E-state index contributed by atoms with van der Waals surface area (Å²) in [5.41, 5.74) is 3.24. The summed E-state index contributed by atoms with van der Waals surface area (Å²) in [7, 11) is 1.72. The van der Waals surface area contributed by atoms with Gasteiger partial charge in [0.05, 0.1) is 12.8 Å². The van der Waals surface area contributed by atoms with Gasteiger partial charge in [0.15, 0.2) is 0 Å². The minimum atomic E-state index is 0.0106. The second-order valence-electron chi connectivity index (χ2n) is 8.94. The molecule has 2 aromatic rings. The number of carbonyl (C=O) groups is 1. The average molecular weight is 410 g/mol. The third-order valence-corrected chi connectivity index (χ3v) is 5.75. The Balaban J connectivity index is 1.38. The van der Waals surface area contributed by atoms with E-state index >= 15 is 0 Å². The SMILES string of the molecule is COc1ccccc1N1CCN(CCCNC(=O)c2ccc(C(C)(C)C)cc2)CC1. The molecule has 1 fully saturated rings. The second-order valence-corrected chi connectivity index (χ2v) is 8.94. The number of para-hydroxylation sites is 2. The van der Waals surface area contributed by atoms with Crippen molar-refractivity contribution in [2.24, 2.45) is 0 Å². The number of amides is 1. The topological polar surface area (TPSA) is 44.8 Å². The van der Waals surface area contributed by atoms with Crippen LogP contribution in [0.1, 0.15) is 43.1 Å². The summed E-state index contributed by atoms with van der Waals surface area (Å²) < 4.78 is 5.49. The van der Waals surface area contributed by atoms with Crippen LogP contribution in [0.25, 0.3) is 0 Å². The number of nitrogens with zero attached hydrogens (tertiary/aromatic N) is 2. The van der Waals surface area contributed by atoms with Crippen LogP contribution in [0.4, 0.5) is 5.69 Å². The third kappa shape index (κ3) is 5.76. The summed E-state index contributed by atoms with van der Waals surface area (Å²) in [6.45, 7) is 12.3. The fraction of sp³-hybridized carbons (Fsp3) is 0.480. The summed E-state index contributed by atoms with van der Waals surface area (Å²) in [5.74, 6) is 0.945. The largest absolute Gasteiger partial charge is 0.495 e. The highest BCUT2D eigenvalue weighted by molar-refractivity contribution is 5.94. The van der Waals surface area contributed by atoms with E-state index in [1.54, 1.807) is 7.11 Å². The maximum Gasteiger partial charge on any atom is 0.251 e. The van der Waals surface area contributed by atoms with Crippen molar-refractivity contribution in [2.45, 2.75) is 32.6 Å². The molecular weight excluding hydrogens is 374 g/mol. The molecule has 0 bridgehead atoms. The minimum absolute atomic E-state index is 0.0106. The highest BCUT2D eigenvalue weighted by Gasteiger charge is 2.19. The molecule has 0 aliphatic carbocycles. The summed E-state index contributed by atoms with van der Waals surface area (Å²) in [5, 5.41) is 3.05. The van der Waals surface area contributed by atoms with E-state index in [0.717, 1.165) is 50.5 Å². The molecule has 2 aromatic carbocycles. The van der Waals surface area contributed by atoms with Crippen LogP contribution in [0.5, 0.6) is 5.75 Å². The lowest BCUT2D eigenvalue weighted by molar-refractivity contribution is 0.0951. The molecule has 5 heteroatoms. The Hall–Kier alpha value is -2.53. The first-order valence-corrected chi connectivity index (χ1v) is 10.9. The summed E-state index contributed by atoms with van der Waals surface area (Å²) in [6, 6.07) is 16.2. The van der Waals surface area contributed by atoms with Crippen LogP contribution in [0.15, 0.2) is 48.5 Å². The molecule has 0 radical (unpaired) electrons. The predicted molar refractivity (Wildman–Crippen MR) is 124 cm³/mol. The Morgan fingerprint density at radius 2 is 1.67 bits per heavy atom. The number of piperazine rings is 1. The molecule has 0 saturated carbocycles. The van der Waals surface area contributed by atoms with Gasteiger partial charge < -0.3 is 15.0 Å². The van der Waals surface area contributed by atoms with Gasteiger partial charge in [0.1, 0.15) is 5.75 Å².